The summed E-state index contributed by atoms with van der Waals surface area (Å²) in [6, 6.07) is 6.29. The molecule has 1 aromatic rings. The lowest BCUT2D eigenvalue weighted by Crippen LogP contribution is -3.00. The van der Waals surface area contributed by atoms with E-state index >= 15 is 0 Å². The number of aryl methyl sites for hydroxylation is 1. The van der Waals surface area contributed by atoms with E-state index in [1.807, 2.05) is 0 Å². The molecule has 1 aromatic heterocycles. The quantitative estimate of drug-likeness (QED) is 0.295. The third-order valence-corrected chi connectivity index (χ3v) is 3.90. The van der Waals surface area contributed by atoms with Crippen molar-refractivity contribution in [2.75, 3.05) is 0 Å². The van der Waals surface area contributed by atoms with Crippen molar-refractivity contribution in [3.63, 3.8) is 0 Å². The van der Waals surface area contributed by atoms with Gasteiger partial charge in [-0.2, -0.15) is 0 Å². The minimum Gasteiger partial charge on any atom is -1.00 e. The molecule has 0 aliphatic carbocycles. The van der Waals surface area contributed by atoms with Gasteiger partial charge in [0.2, 0.25) is 0 Å². The van der Waals surface area contributed by atoms with Crippen molar-refractivity contribution >= 4 is 5.97 Å². The number of unbranched alkanes of at least 4 members (excludes halogenated alkanes) is 9. The second-order valence-electron chi connectivity index (χ2n) is 6.36. The molecule has 0 fully saturated rings. The molecule has 0 aliphatic rings. The van der Waals surface area contributed by atoms with Crippen LogP contribution in [0.5, 0.6) is 0 Å². The molecule has 3 nitrogen and oxygen atoms in total. The summed E-state index contributed by atoms with van der Waals surface area (Å²) in [6.07, 6.45) is 18.5. The summed E-state index contributed by atoms with van der Waals surface area (Å²) in [5.41, 5.74) is 0.0648. The number of aromatic nitrogens is 1. The van der Waals surface area contributed by atoms with E-state index in [9.17, 15) is 9.90 Å². The second-order valence-corrected chi connectivity index (χ2v) is 6.36. The highest BCUT2D eigenvalue weighted by Crippen LogP contribution is 2.10. The lowest BCUT2D eigenvalue weighted by Gasteiger charge is -2.01. The molecule has 0 spiro atoms. The first-order valence-electron chi connectivity index (χ1n) is 9.38. The number of pyridine rings is 1. The maximum absolute atomic E-state index is 9.49. The summed E-state index contributed by atoms with van der Waals surface area (Å²) in [6.45, 7) is 7.94. The Bertz CT molecular complexity index is 423. The monoisotopic (exact) mass is 412 g/mol. The van der Waals surface area contributed by atoms with Gasteiger partial charge in [0, 0.05) is 24.1 Å². The number of hydrogen-bond acceptors (Lipinski definition) is 1. The topological polar surface area (TPSA) is 40.9 Å². The minimum atomic E-state index is -1.19. The molecule has 25 heavy (non-hydrogen) atoms. The highest BCUT2D eigenvalue weighted by atomic mass is 79.9. The minimum absolute atomic E-state index is 0. The Labute approximate surface area is 164 Å². The Morgan fingerprint density at radius 3 is 1.64 bits per heavy atom. The van der Waals surface area contributed by atoms with Gasteiger partial charge in [-0.05, 0) is 13.3 Å². The number of nitrogens with zero attached hydrogens (tertiary/aromatic N) is 1. The molecule has 1 rings (SSSR count). The Balaban J connectivity index is 0. The largest absolute Gasteiger partial charge is 1.00 e. The summed E-state index contributed by atoms with van der Waals surface area (Å²) in [5, 5.41) is 9.49. The normalized spacial score (nSPS) is 9.52. The number of carbonyl (C=O) groups is 1. The molecule has 0 atom stereocenters. The molecule has 0 bridgehead atoms. The van der Waals surface area contributed by atoms with Gasteiger partial charge in [-0.15, -0.1) is 0 Å². The van der Waals surface area contributed by atoms with Gasteiger partial charge >= 0.3 is 5.97 Å². The van der Waals surface area contributed by atoms with Crippen LogP contribution in [0.25, 0.3) is 0 Å². The average Bonchev–Trinajstić information content (AvgIpc) is 2.58. The van der Waals surface area contributed by atoms with Gasteiger partial charge < -0.3 is 17.0 Å². The summed E-state index contributed by atoms with van der Waals surface area (Å²) in [7, 11) is 0. The summed E-state index contributed by atoms with van der Waals surface area (Å²) < 4.78 is 2.28. The molecule has 0 aliphatic heterocycles. The van der Waals surface area contributed by atoms with Gasteiger partial charge in [-0.3, -0.25) is 0 Å². The highest BCUT2D eigenvalue weighted by Gasteiger charge is 1.97. The molecule has 143 valence electrons. The van der Waals surface area contributed by atoms with Gasteiger partial charge in [0.25, 0.3) is 0 Å². The summed E-state index contributed by atoms with van der Waals surface area (Å²) in [5.74, 6) is -1.19. The van der Waals surface area contributed by atoms with E-state index in [-0.39, 0.29) is 22.6 Å². The van der Waals surface area contributed by atoms with Crippen LogP contribution in [0, 0.1) is 0 Å². The van der Waals surface area contributed by atoms with E-state index in [0.29, 0.717) is 0 Å². The van der Waals surface area contributed by atoms with Crippen molar-refractivity contribution in [1.29, 1.82) is 0 Å². The first-order valence-corrected chi connectivity index (χ1v) is 9.38. The van der Waals surface area contributed by atoms with Crippen LogP contribution < -0.4 is 21.5 Å². The van der Waals surface area contributed by atoms with E-state index in [1.54, 1.807) is 0 Å². The molecule has 0 amide bonds. The maximum atomic E-state index is 9.49. The number of carbonyl (C=O) groups excluding carboxylic acids is 1. The maximum Gasteiger partial charge on any atom is 0.381 e. The summed E-state index contributed by atoms with van der Waals surface area (Å²) in [4.78, 5) is 9.49. The van der Waals surface area contributed by atoms with Crippen LogP contribution in [0.15, 0.2) is 42.7 Å². The third kappa shape index (κ3) is 19.0. The predicted molar refractivity (Wildman–Crippen MR) is 99.0 cm³/mol. The fourth-order valence-electron chi connectivity index (χ4n) is 2.37. The Kier molecular flexibility index (Phi) is 20.0. The molecule has 0 N–H and O–H groups in total. The van der Waals surface area contributed by atoms with Gasteiger partial charge in [-0.25, -0.2) is 14.5 Å². The second kappa shape index (κ2) is 19.2. The fraction of sp³-hybridized carbons (Fsp3) is 0.619. The Morgan fingerprint density at radius 2 is 1.24 bits per heavy atom. The van der Waals surface area contributed by atoms with Crippen LogP contribution in [0.2, 0.25) is 0 Å². The average molecular weight is 413 g/mol. The number of hydrogen-bond donors (Lipinski definition) is 0. The van der Waals surface area contributed by atoms with Crippen molar-refractivity contribution in [3.8, 4) is 0 Å². The zero-order chi connectivity index (χ0) is 18.0. The van der Waals surface area contributed by atoms with Crippen molar-refractivity contribution < 1.29 is 31.4 Å². The van der Waals surface area contributed by atoms with Crippen molar-refractivity contribution in [2.24, 2.45) is 0 Å². The van der Waals surface area contributed by atoms with Gasteiger partial charge in [-0.1, -0.05) is 70.9 Å². The molecule has 0 aromatic carbocycles. The zero-order valence-corrected chi connectivity index (χ0v) is 17.6. The van der Waals surface area contributed by atoms with Crippen LogP contribution >= 0.6 is 0 Å². The zero-order valence-electron chi connectivity index (χ0n) is 16.0. The lowest BCUT2D eigenvalue weighted by molar-refractivity contribution is -0.697. The van der Waals surface area contributed by atoms with Crippen molar-refractivity contribution in [2.45, 2.75) is 84.6 Å². The molecule has 0 unspecified atom stereocenters. The van der Waals surface area contributed by atoms with E-state index < -0.39 is 5.97 Å². The number of rotatable bonds is 12. The Hall–Kier alpha value is -1.16. The van der Waals surface area contributed by atoms with Gasteiger partial charge in [0.05, 0.1) is 0 Å². The Morgan fingerprint density at radius 1 is 0.840 bits per heavy atom. The molecule has 4 heteroatoms. The van der Waals surface area contributed by atoms with E-state index in [2.05, 4.69) is 48.7 Å². The predicted octanol–water partition coefficient (Wildman–Crippen LogP) is 2.42. The highest BCUT2D eigenvalue weighted by molar-refractivity contribution is 5.84. The van der Waals surface area contributed by atoms with Crippen LogP contribution in [0.4, 0.5) is 0 Å². The lowest BCUT2D eigenvalue weighted by atomic mass is 10.1. The van der Waals surface area contributed by atoms with Crippen molar-refractivity contribution in [3.05, 3.63) is 42.7 Å². The van der Waals surface area contributed by atoms with E-state index in [1.165, 1.54) is 77.7 Å². The molecule has 0 saturated carbocycles. The van der Waals surface area contributed by atoms with Crippen LogP contribution in [-0.4, -0.2) is 5.97 Å². The van der Waals surface area contributed by atoms with Gasteiger partial charge in [0.1, 0.15) is 6.54 Å². The van der Waals surface area contributed by atoms with Crippen LogP contribution in [-0.2, 0) is 16.4 Å². The molecule has 0 saturated heterocycles. The smallest absolute Gasteiger partial charge is 0.381 e. The summed E-state index contributed by atoms with van der Waals surface area (Å²) >= 11 is 0. The number of halogens is 1. The first-order chi connectivity index (χ1) is 11.6. The standard InChI is InChI=1S/C17H30N.C4H5O2.BrH/c1-2-3-4-5-6-7-8-9-10-12-15-18-16-13-11-14-17-18;1-3(2)4(5)6;/h11,13-14,16-17H,2-10,12,15H2,1H3;1H2,2H3;1H/q+1;;/p-1. The van der Waals surface area contributed by atoms with Crippen LogP contribution in [0.1, 0.15) is 78.1 Å². The SMILES string of the molecule is C=C(C)C([O])=O.CCCCCCCCCCCC[n+]1ccccc1.[Br-]. The molecule has 1 radical (unpaired) electrons. The van der Waals surface area contributed by atoms with E-state index in [4.69, 9.17) is 0 Å². The molecular weight excluding hydrogens is 378 g/mol. The third-order valence-electron chi connectivity index (χ3n) is 3.90. The fourth-order valence-corrected chi connectivity index (χ4v) is 2.37. The molecular formula is C21H35BrNO2. The van der Waals surface area contributed by atoms with Gasteiger partial charge in [0.15, 0.2) is 12.4 Å². The first kappa shape index (κ1) is 26.1. The van der Waals surface area contributed by atoms with E-state index in [0.717, 1.165) is 0 Å². The molecule has 1 heterocycles. The van der Waals surface area contributed by atoms with Crippen molar-refractivity contribution in [1.82, 2.24) is 0 Å². The van der Waals surface area contributed by atoms with Crippen LogP contribution in [0.3, 0.4) is 0 Å².